The number of benzene rings is 5. The van der Waals surface area contributed by atoms with Crippen LogP contribution in [0.2, 0.25) is 0 Å². The Morgan fingerprint density at radius 3 is 2.25 bits per heavy atom. The third kappa shape index (κ3) is 10.6. The Labute approximate surface area is 398 Å². The first kappa shape index (κ1) is 47.6. The molecule has 1 heterocycles. The SMILES string of the molecule is C=CCO[C@@]12Oc3ccc(Oc4ccc(-c5ccccc5)cc4)cc3[C@H]3[C@H](CCCCO)[C@@H](CCCCO)C=C(C(=NOCc4ccccc4)C[C@@H]1N(C)C(=O)C=Cc1ccc([N+](=O)[O-])cc1)[C@H]32. The smallest absolute Gasteiger partial charge is 0.269 e. The van der Waals surface area contributed by atoms with Gasteiger partial charge in [-0.15, -0.1) is 6.58 Å². The van der Waals surface area contributed by atoms with E-state index in [0.717, 1.165) is 53.5 Å². The second-order valence-electron chi connectivity index (χ2n) is 17.7. The van der Waals surface area contributed by atoms with Crippen molar-refractivity contribution in [1.29, 1.82) is 0 Å². The quantitative estimate of drug-likeness (QED) is 0.0241. The molecule has 1 aliphatic heterocycles. The van der Waals surface area contributed by atoms with Gasteiger partial charge in [-0.05, 0) is 114 Å². The van der Waals surface area contributed by atoms with Gasteiger partial charge in [0.05, 0.1) is 23.2 Å². The molecule has 3 aliphatic rings. The number of aliphatic hydroxyl groups excluding tert-OH is 2. The number of hydrogen-bond donors (Lipinski definition) is 2. The number of carbonyl (C=O) groups is 1. The molecule has 0 aromatic heterocycles. The highest BCUT2D eigenvalue weighted by atomic mass is 16.7. The summed E-state index contributed by atoms with van der Waals surface area (Å²) in [6, 6.07) is 39.2. The second-order valence-corrected chi connectivity index (χ2v) is 17.7. The van der Waals surface area contributed by atoms with Crippen LogP contribution in [0.25, 0.3) is 17.2 Å². The Balaban J connectivity index is 1.25. The van der Waals surface area contributed by atoms with Crippen molar-refractivity contribution in [3.8, 4) is 28.4 Å². The molecule has 68 heavy (non-hydrogen) atoms. The summed E-state index contributed by atoms with van der Waals surface area (Å²) < 4.78 is 21.0. The van der Waals surface area contributed by atoms with Crippen LogP contribution in [0.3, 0.4) is 0 Å². The van der Waals surface area contributed by atoms with E-state index in [1.807, 2.05) is 84.9 Å². The topological polar surface area (TPSA) is 153 Å². The predicted octanol–water partition coefficient (Wildman–Crippen LogP) is 11.1. The number of nitrogens with zero attached hydrogens (tertiary/aromatic N) is 3. The summed E-state index contributed by atoms with van der Waals surface area (Å²) in [6.07, 6.45) is 11.8. The van der Waals surface area contributed by atoms with Crippen molar-refractivity contribution in [3.63, 3.8) is 0 Å². The molecule has 1 saturated carbocycles. The van der Waals surface area contributed by atoms with Gasteiger partial charge in [0.15, 0.2) is 0 Å². The first-order chi connectivity index (χ1) is 33.2. The Morgan fingerprint density at radius 2 is 1.56 bits per heavy atom. The summed E-state index contributed by atoms with van der Waals surface area (Å²) in [7, 11) is 1.73. The van der Waals surface area contributed by atoms with Crippen LogP contribution in [0.5, 0.6) is 17.2 Å². The van der Waals surface area contributed by atoms with Crippen molar-refractivity contribution < 1.29 is 39.0 Å². The van der Waals surface area contributed by atoms with Crippen molar-refractivity contribution in [1.82, 2.24) is 4.90 Å². The molecule has 0 unspecified atom stereocenters. The molecule has 8 rings (SSSR count). The van der Waals surface area contributed by atoms with E-state index in [4.69, 9.17) is 24.2 Å². The highest BCUT2D eigenvalue weighted by Gasteiger charge is 2.65. The number of fused-ring (bicyclic) bond motifs is 2. The number of amides is 1. The number of unbranched alkanes of at least 4 members (excludes halogenated alkanes) is 2. The van der Waals surface area contributed by atoms with Crippen LogP contribution >= 0.6 is 0 Å². The number of ether oxygens (including phenoxy) is 3. The van der Waals surface area contributed by atoms with Crippen LogP contribution in [-0.2, 0) is 21.0 Å². The van der Waals surface area contributed by atoms with Gasteiger partial charge in [-0.25, -0.2) is 0 Å². The Kier molecular flexibility index (Phi) is 15.6. The average Bonchev–Trinajstić information content (AvgIpc) is 3.37. The summed E-state index contributed by atoms with van der Waals surface area (Å²) >= 11 is 0. The molecule has 1 amide bonds. The average molecular weight is 918 g/mol. The first-order valence-electron chi connectivity index (χ1n) is 23.5. The number of non-ortho nitro benzene ring substituents is 1. The second kappa shape index (κ2) is 22.3. The molecular formula is C56H59N3O9. The molecule has 5 aromatic rings. The molecule has 0 saturated heterocycles. The largest absolute Gasteiger partial charge is 0.459 e. The number of allylic oxidation sites excluding steroid dienone is 1. The maximum Gasteiger partial charge on any atom is 0.269 e. The van der Waals surface area contributed by atoms with Gasteiger partial charge < -0.3 is 34.2 Å². The summed E-state index contributed by atoms with van der Waals surface area (Å²) in [5.74, 6) is -0.524. The first-order valence-corrected chi connectivity index (χ1v) is 23.5. The summed E-state index contributed by atoms with van der Waals surface area (Å²) in [5.41, 5.74) is 6.26. The van der Waals surface area contributed by atoms with Gasteiger partial charge in [-0.1, -0.05) is 103 Å². The van der Waals surface area contributed by atoms with E-state index in [2.05, 4.69) is 30.9 Å². The molecule has 2 N–H and O–H groups in total. The van der Waals surface area contributed by atoms with Gasteiger partial charge in [0.25, 0.3) is 5.69 Å². The van der Waals surface area contributed by atoms with Crippen molar-refractivity contribution in [2.24, 2.45) is 22.9 Å². The molecule has 12 nitrogen and oxygen atoms in total. The normalized spacial score (nSPS) is 22.1. The van der Waals surface area contributed by atoms with E-state index < -0.39 is 22.7 Å². The van der Waals surface area contributed by atoms with Crippen molar-refractivity contribution in [2.45, 2.75) is 69.3 Å². The van der Waals surface area contributed by atoms with Crippen LogP contribution in [0.1, 0.15) is 67.6 Å². The van der Waals surface area contributed by atoms with Gasteiger partial charge in [-0.3, -0.25) is 14.9 Å². The molecule has 5 aromatic carbocycles. The van der Waals surface area contributed by atoms with Crippen molar-refractivity contribution in [2.75, 3.05) is 26.9 Å². The van der Waals surface area contributed by atoms with E-state index in [9.17, 15) is 25.1 Å². The van der Waals surface area contributed by atoms with Gasteiger partial charge in [-0.2, -0.15) is 0 Å². The highest BCUT2D eigenvalue weighted by molar-refractivity contribution is 6.03. The Morgan fingerprint density at radius 1 is 0.882 bits per heavy atom. The number of aliphatic hydroxyl groups is 2. The minimum Gasteiger partial charge on any atom is -0.459 e. The summed E-state index contributed by atoms with van der Waals surface area (Å²) in [4.78, 5) is 33.2. The number of rotatable bonds is 21. The number of likely N-dealkylation sites (N-methyl/N-ethyl adjacent to an activating group) is 1. The van der Waals surface area contributed by atoms with Crippen LogP contribution in [0, 0.1) is 27.9 Å². The van der Waals surface area contributed by atoms with Gasteiger partial charge in [0, 0.05) is 56.4 Å². The molecule has 0 bridgehead atoms. The van der Waals surface area contributed by atoms with E-state index in [-0.39, 0.29) is 62.2 Å². The zero-order valence-corrected chi connectivity index (χ0v) is 38.4. The molecule has 0 spiro atoms. The Bertz CT molecular complexity index is 2600. The predicted molar refractivity (Wildman–Crippen MR) is 263 cm³/mol. The zero-order valence-electron chi connectivity index (χ0n) is 38.4. The standard InChI is InChI=1S/C56H59N3O9/c1-3-34-65-56-52(58(2)53(62)31-22-39-20-25-44(26-21-39)59(63)64)37-50(57-66-38-40-14-6-4-7-15-40)48-35-43(18-10-12-32-60)47(19-11-13-33-61)54(55(48)56)49-36-46(29-30-51(49)68-56)67-45-27-23-42(24-28-45)41-16-8-5-9-17-41/h3-9,14-17,20-31,35-36,43,47,52,54-55,60-61H,1,10-13,18-19,32-34,37-38H2,2H3/t43-,47+,52-,54+,55+,56+/m0/s1. The van der Waals surface area contributed by atoms with E-state index >= 15 is 0 Å². The summed E-state index contributed by atoms with van der Waals surface area (Å²) in [6.45, 7) is 4.54. The highest BCUT2D eigenvalue weighted by Crippen LogP contribution is 2.62. The maximum absolute atomic E-state index is 14.5. The van der Waals surface area contributed by atoms with Crippen molar-refractivity contribution >= 4 is 23.4 Å². The number of carbonyl (C=O) groups excluding carboxylic acids is 1. The van der Waals surface area contributed by atoms with Gasteiger partial charge >= 0.3 is 0 Å². The maximum atomic E-state index is 14.5. The minimum atomic E-state index is -1.44. The monoisotopic (exact) mass is 917 g/mol. The number of nitro benzene ring substituents is 1. The van der Waals surface area contributed by atoms with Gasteiger partial charge in [0.1, 0.15) is 29.9 Å². The number of oxime groups is 1. The van der Waals surface area contributed by atoms with E-state index in [0.29, 0.717) is 41.4 Å². The fourth-order valence-corrected chi connectivity index (χ4v) is 10.2. The van der Waals surface area contributed by atoms with Crippen molar-refractivity contribution in [3.05, 3.63) is 185 Å². The van der Waals surface area contributed by atoms with E-state index in [1.54, 1.807) is 36.2 Å². The fraction of sp³-hybridized carbons (Fsp3) is 0.321. The third-order valence-corrected chi connectivity index (χ3v) is 13.4. The molecule has 0 radical (unpaired) electrons. The summed E-state index contributed by atoms with van der Waals surface area (Å²) in [5, 5.41) is 36.2. The van der Waals surface area contributed by atoms with Crippen LogP contribution in [0.15, 0.2) is 163 Å². The molecule has 2 aliphatic carbocycles. The molecule has 352 valence electrons. The van der Waals surface area contributed by atoms with Crippen LogP contribution in [-0.4, -0.2) is 70.4 Å². The zero-order chi connectivity index (χ0) is 47.5. The molecule has 1 fully saturated rings. The van der Waals surface area contributed by atoms with Crippen LogP contribution in [0.4, 0.5) is 5.69 Å². The molecule has 6 atom stereocenters. The van der Waals surface area contributed by atoms with Crippen LogP contribution < -0.4 is 9.47 Å². The molecular weight excluding hydrogens is 859 g/mol. The Hall–Kier alpha value is -6.86. The lowest BCUT2D eigenvalue weighted by Crippen LogP contribution is -2.69. The number of hydrogen-bond acceptors (Lipinski definition) is 10. The third-order valence-electron chi connectivity index (χ3n) is 13.4. The lowest BCUT2D eigenvalue weighted by atomic mass is 9.55. The molecule has 12 heteroatoms. The lowest BCUT2D eigenvalue weighted by molar-refractivity contribution is -0.384. The minimum absolute atomic E-state index is 0.0250. The van der Waals surface area contributed by atoms with Gasteiger partial charge in [0.2, 0.25) is 11.7 Å². The number of nitro groups is 1. The fourth-order valence-electron chi connectivity index (χ4n) is 10.2. The van der Waals surface area contributed by atoms with E-state index in [1.165, 1.54) is 18.2 Å². The lowest BCUT2D eigenvalue weighted by Gasteiger charge is -2.59.